The molecule has 17 heavy (non-hydrogen) atoms. The highest BCUT2D eigenvalue weighted by Gasteiger charge is 2.23. The Morgan fingerprint density at radius 2 is 2.29 bits per heavy atom. The van der Waals surface area contributed by atoms with E-state index in [0.717, 1.165) is 6.42 Å². The third-order valence-corrected chi connectivity index (χ3v) is 2.99. The lowest BCUT2D eigenvalue weighted by atomic mass is 10.1. The molecule has 0 aliphatic heterocycles. The van der Waals surface area contributed by atoms with Gasteiger partial charge in [0.2, 0.25) is 0 Å². The molecule has 2 atom stereocenters. The molecule has 0 amide bonds. The lowest BCUT2D eigenvalue weighted by Crippen LogP contribution is -2.10. The third kappa shape index (κ3) is 1.55. The molecule has 2 aromatic heterocycles. The summed E-state index contributed by atoms with van der Waals surface area (Å²) in [5.74, 6) is 0.514. The highest BCUT2D eigenvalue weighted by molar-refractivity contribution is 5.80. The van der Waals surface area contributed by atoms with Crippen molar-refractivity contribution in [2.24, 2.45) is 5.92 Å². The summed E-state index contributed by atoms with van der Waals surface area (Å²) in [6.07, 6.45) is 6.20. The molecule has 2 unspecified atom stereocenters. The molecular formula is C10H12N6O. The maximum atomic E-state index is 9.10. The first-order valence-electron chi connectivity index (χ1n) is 5.40. The van der Waals surface area contributed by atoms with E-state index in [1.54, 1.807) is 4.68 Å². The van der Waals surface area contributed by atoms with Crippen molar-refractivity contribution in [1.82, 2.24) is 25.0 Å². The topological polar surface area (TPSA) is 103 Å². The first kappa shape index (κ1) is 10.2. The molecule has 0 spiro atoms. The second kappa shape index (κ2) is 3.77. The van der Waals surface area contributed by atoms with Crippen LogP contribution in [0.25, 0.3) is 11.2 Å². The molecule has 2 aromatic rings. The van der Waals surface area contributed by atoms with Crippen LogP contribution in [0.2, 0.25) is 0 Å². The lowest BCUT2D eigenvalue weighted by molar-refractivity contribution is 0.243. The van der Waals surface area contributed by atoms with Gasteiger partial charge in [0, 0.05) is 12.5 Å². The molecule has 1 aliphatic rings. The van der Waals surface area contributed by atoms with E-state index in [0.29, 0.717) is 17.0 Å². The van der Waals surface area contributed by atoms with Crippen LogP contribution in [0.5, 0.6) is 0 Å². The van der Waals surface area contributed by atoms with Gasteiger partial charge >= 0.3 is 0 Å². The van der Waals surface area contributed by atoms with E-state index in [-0.39, 0.29) is 18.6 Å². The van der Waals surface area contributed by atoms with Gasteiger partial charge in [-0.05, 0) is 6.42 Å². The van der Waals surface area contributed by atoms with Gasteiger partial charge in [-0.2, -0.15) is 0 Å². The lowest BCUT2D eigenvalue weighted by Gasteiger charge is -2.10. The quantitative estimate of drug-likeness (QED) is 0.701. The Labute approximate surface area is 97.0 Å². The van der Waals surface area contributed by atoms with Gasteiger partial charge in [0.15, 0.2) is 17.0 Å². The first-order chi connectivity index (χ1) is 8.29. The summed E-state index contributed by atoms with van der Waals surface area (Å²) in [7, 11) is 0. The first-order valence-corrected chi connectivity index (χ1v) is 5.40. The van der Waals surface area contributed by atoms with E-state index in [2.05, 4.69) is 20.3 Å². The van der Waals surface area contributed by atoms with Crippen LogP contribution >= 0.6 is 0 Å². The maximum Gasteiger partial charge on any atom is 0.184 e. The number of fused-ring (bicyclic) bond motifs is 1. The van der Waals surface area contributed by atoms with Gasteiger partial charge in [-0.3, -0.25) is 0 Å². The smallest absolute Gasteiger partial charge is 0.184 e. The minimum Gasteiger partial charge on any atom is -0.396 e. The number of aliphatic hydroxyl groups excluding tert-OH is 1. The van der Waals surface area contributed by atoms with E-state index < -0.39 is 0 Å². The predicted octanol–water partition coefficient (Wildman–Crippen LogP) is -0.0870. The second-order valence-electron chi connectivity index (χ2n) is 4.10. The van der Waals surface area contributed by atoms with Crippen molar-refractivity contribution in [2.45, 2.75) is 12.5 Å². The monoisotopic (exact) mass is 232 g/mol. The number of hydrogen-bond donors (Lipinski definition) is 2. The minimum absolute atomic E-state index is 0.0754. The number of anilines is 1. The molecular weight excluding hydrogens is 220 g/mol. The molecule has 3 N–H and O–H groups in total. The van der Waals surface area contributed by atoms with Crippen molar-refractivity contribution in [3.8, 4) is 0 Å². The Morgan fingerprint density at radius 1 is 1.41 bits per heavy atom. The normalized spacial score (nSPS) is 23.6. The van der Waals surface area contributed by atoms with E-state index in [4.69, 9.17) is 10.8 Å². The molecule has 0 saturated carbocycles. The number of rotatable bonds is 2. The van der Waals surface area contributed by atoms with E-state index in [1.165, 1.54) is 6.33 Å². The fourth-order valence-electron chi connectivity index (χ4n) is 2.07. The van der Waals surface area contributed by atoms with E-state index >= 15 is 0 Å². The molecule has 7 nitrogen and oxygen atoms in total. The maximum absolute atomic E-state index is 9.10. The number of hydrogen-bond acceptors (Lipinski definition) is 6. The van der Waals surface area contributed by atoms with Gasteiger partial charge in [0.05, 0.1) is 6.04 Å². The summed E-state index contributed by atoms with van der Waals surface area (Å²) < 4.78 is 1.72. The SMILES string of the molecule is Nc1ncnc2c1nnn2C1C=CC(CO)C1. The number of nitrogens with two attached hydrogens (primary N) is 1. The summed E-state index contributed by atoms with van der Waals surface area (Å²) in [5.41, 5.74) is 6.85. The van der Waals surface area contributed by atoms with Crippen molar-refractivity contribution < 1.29 is 5.11 Å². The average molecular weight is 232 g/mol. The summed E-state index contributed by atoms with van der Waals surface area (Å²) in [6.45, 7) is 0.150. The van der Waals surface area contributed by atoms with Crippen LogP contribution in [0.15, 0.2) is 18.5 Å². The van der Waals surface area contributed by atoms with Gasteiger partial charge in [-0.25, -0.2) is 14.6 Å². The van der Waals surface area contributed by atoms with E-state index in [9.17, 15) is 0 Å². The largest absolute Gasteiger partial charge is 0.396 e. The van der Waals surface area contributed by atoms with E-state index in [1.807, 2.05) is 12.2 Å². The zero-order valence-corrected chi connectivity index (χ0v) is 9.06. The summed E-state index contributed by atoms with van der Waals surface area (Å²) >= 11 is 0. The number of nitrogens with zero attached hydrogens (tertiary/aromatic N) is 5. The van der Waals surface area contributed by atoms with Gasteiger partial charge in [-0.1, -0.05) is 17.4 Å². The molecule has 3 rings (SSSR count). The zero-order valence-electron chi connectivity index (χ0n) is 9.06. The van der Waals surface area contributed by atoms with Gasteiger partial charge in [0.1, 0.15) is 6.33 Å². The number of nitrogen functional groups attached to an aromatic ring is 1. The van der Waals surface area contributed by atoms with Crippen molar-refractivity contribution in [3.63, 3.8) is 0 Å². The highest BCUT2D eigenvalue weighted by atomic mass is 16.3. The zero-order chi connectivity index (χ0) is 11.8. The Kier molecular flexibility index (Phi) is 2.25. The van der Waals surface area contributed by atoms with Crippen LogP contribution in [0.4, 0.5) is 5.82 Å². The number of aliphatic hydroxyl groups is 1. The van der Waals surface area contributed by atoms with Crippen molar-refractivity contribution in [3.05, 3.63) is 18.5 Å². The van der Waals surface area contributed by atoms with Gasteiger partial charge < -0.3 is 10.8 Å². The summed E-state index contributed by atoms with van der Waals surface area (Å²) in [6, 6.07) is 0.0754. The second-order valence-corrected chi connectivity index (χ2v) is 4.10. The van der Waals surface area contributed by atoms with Crippen LogP contribution < -0.4 is 5.73 Å². The molecule has 0 radical (unpaired) electrons. The van der Waals surface area contributed by atoms with Gasteiger partial charge in [-0.15, -0.1) is 5.10 Å². The minimum atomic E-state index is 0.0754. The van der Waals surface area contributed by atoms with Crippen LogP contribution in [0.1, 0.15) is 12.5 Å². The fourth-order valence-corrected chi connectivity index (χ4v) is 2.07. The van der Waals surface area contributed by atoms with Crippen LogP contribution in [-0.2, 0) is 0 Å². The van der Waals surface area contributed by atoms with Crippen molar-refractivity contribution in [2.75, 3.05) is 12.3 Å². The molecule has 88 valence electrons. The Bertz CT molecular complexity index is 577. The van der Waals surface area contributed by atoms with Crippen LogP contribution in [0.3, 0.4) is 0 Å². The van der Waals surface area contributed by atoms with Crippen molar-refractivity contribution >= 4 is 17.0 Å². The summed E-state index contributed by atoms with van der Waals surface area (Å²) in [4.78, 5) is 8.02. The molecule has 2 heterocycles. The Morgan fingerprint density at radius 3 is 3.06 bits per heavy atom. The Balaban J connectivity index is 2.02. The van der Waals surface area contributed by atoms with Crippen molar-refractivity contribution in [1.29, 1.82) is 0 Å². The number of allylic oxidation sites excluding steroid dienone is 1. The third-order valence-electron chi connectivity index (χ3n) is 2.99. The molecule has 7 heteroatoms. The fraction of sp³-hybridized carbons (Fsp3) is 0.400. The highest BCUT2D eigenvalue weighted by Crippen LogP contribution is 2.29. The molecule has 0 bridgehead atoms. The van der Waals surface area contributed by atoms with Gasteiger partial charge in [0.25, 0.3) is 0 Å². The average Bonchev–Trinajstić information content (AvgIpc) is 2.94. The molecule has 0 fully saturated rings. The molecule has 0 aromatic carbocycles. The Hall–Kier alpha value is -2.02. The number of aromatic nitrogens is 5. The molecule has 0 saturated heterocycles. The molecule has 1 aliphatic carbocycles. The summed E-state index contributed by atoms with van der Waals surface area (Å²) in [5, 5.41) is 17.1. The standard InChI is InChI=1S/C10H12N6O/c11-9-8-10(13-5-12-9)16(15-14-8)7-2-1-6(3-7)4-17/h1-2,5-7,17H,3-4H2,(H2,11,12,13). The van der Waals surface area contributed by atoms with Crippen LogP contribution in [-0.4, -0.2) is 36.7 Å². The predicted molar refractivity (Wildman–Crippen MR) is 60.9 cm³/mol. The van der Waals surface area contributed by atoms with Crippen LogP contribution in [0, 0.1) is 5.92 Å².